The van der Waals surface area contributed by atoms with Crippen LogP contribution in [0.3, 0.4) is 0 Å². The van der Waals surface area contributed by atoms with Crippen molar-refractivity contribution in [2.75, 3.05) is 47.4 Å². The summed E-state index contributed by atoms with van der Waals surface area (Å²) in [6.07, 6.45) is 1.52. The van der Waals surface area contributed by atoms with Gasteiger partial charge < -0.3 is 97.5 Å². The van der Waals surface area contributed by atoms with E-state index in [-0.39, 0.29) is 130 Å². The van der Waals surface area contributed by atoms with E-state index in [0.29, 0.717) is 51.2 Å². The molecule has 6 aliphatic rings. The number of hydrogen-bond donors (Lipinski definition) is 12. The highest BCUT2D eigenvalue weighted by Crippen LogP contribution is 2.45. The smallest absolute Gasteiger partial charge is 0.426 e. The van der Waals surface area contributed by atoms with Crippen LogP contribution in [-0.4, -0.2) is 65.1 Å². The molecule has 8 heterocycles. The fourth-order valence-corrected chi connectivity index (χ4v) is 17.4. The number of carbonyl (C=O) groups is 5. The number of nitrogen functional groups attached to an aromatic ring is 3. The predicted octanol–water partition coefficient (Wildman–Crippen LogP) is 12.6. The quantitative estimate of drug-likeness (QED) is 0.0178. The fraction of sp³-hybridized carbons (Fsp3) is 0.375. The molecule has 5 amide bonds. The number of anilines is 8. The minimum atomic E-state index is -0.798. The minimum absolute atomic E-state index is 0.0530. The van der Waals surface area contributed by atoms with Gasteiger partial charge in [-0.25, -0.2) is 17.6 Å². The van der Waals surface area contributed by atoms with Crippen molar-refractivity contribution in [3.8, 4) is 11.5 Å². The maximum atomic E-state index is 14.9. The number of rotatable bonds is 12. The molecule has 126 heavy (non-hydrogen) atoms. The molecule has 1 saturated heterocycles. The molecule has 2 aromatic heterocycles. The van der Waals surface area contributed by atoms with E-state index in [2.05, 4.69) is 69.9 Å². The summed E-state index contributed by atoms with van der Waals surface area (Å²) in [5.41, 5.74) is 25.1. The highest BCUT2D eigenvalue weighted by Gasteiger charge is 2.45. The number of nitrogens with two attached hydrogens (primary N) is 4. The van der Waals surface area contributed by atoms with Crippen molar-refractivity contribution in [1.29, 1.82) is 0 Å². The van der Waals surface area contributed by atoms with Crippen LogP contribution in [0.2, 0.25) is 20.5 Å². The zero-order valence-electron chi connectivity index (χ0n) is 74.6. The first-order valence-electron chi connectivity index (χ1n) is 40.2. The van der Waals surface area contributed by atoms with Crippen molar-refractivity contribution in [3.63, 3.8) is 0 Å². The lowest BCUT2D eigenvalue weighted by atomic mass is 9.74. The number of aryl methyl sites for hydroxylation is 6. The van der Waals surface area contributed by atoms with Crippen LogP contribution in [0.4, 0.5) is 63.1 Å². The topological polar surface area (TPSA) is 461 Å². The monoisotopic (exact) mass is 1850 g/mol. The van der Waals surface area contributed by atoms with Crippen molar-refractivity contribution < 1.29 is 73.6 Å². The average Bonchev–Trinajstić information content (AvgIpc) is 1.29. The van der Waals surface area contributed by atoms with Crippen molar-refractivity contribution in [2.45, 2.75) is 205 Å². The summed E-state index contributed by atoms with van der Waals surface area (Å²) in [6.45, 7) is 40.7. The second kappa shape index (κ2) is 37.4. The molecule has 0 saturated carbocycles. The molecular formula is C88H104B3F4IN12O18. The highest BCUT2D eigenvalue weighted by atomic mass is 127. The number of benzene rings is 5. The summed E-state index contributed by atoms with van der Waals surface area (Å²) in [5.74, 6) is -0.737. The van der Waals surface area contributed by atoms with Gasteiger partial charge in [0.25, 0.3) is 56.7 Å². The van der Waals surface area contributed by atoms with Gasteiger partial charge in [0.2, 0.25) is 5.43 Å². The standard InChI is InChI=1S/C23H24FN3O4.C16H15FN2O4.C11H13FN2O.C11H13IN2O.C10H11FN2O.C8H13NO.C6H6O3.C3H9B3O3/c1-6-13(14-8-7-11(3)31-14)25-18-19(21(29)20(18)28)26-17-12(24)9-10(2)16-15(17)22(30)27-23(16,4)5;1-6-5-7(17)10(8-9(6)16(2,3)19-15(8)22)18-11-12(20)13(21)14(11)23-4;1-5-4-6(12)9(13)7-8(5)11(2,3)14-10(7)15;1-5-4-6(12)8-7(9(5)13)10(15)14-11(8,2)3;1-10(2)5-3-4-6(11)8(12)7(5)9(14)13-10;1-3-7(9)8-5-4-6(2)10-8;1-3-4(7)5(8)6(3)9-2;1-4-7-5(2)9-6(3)8-4/h7-9,13,25-26H,6H2,1-5H3,(H,27,30);5,18H,1-4H3,(H,19,22);2*4H,13H2,1-3H3,(H,14,15);3-4H,12H2,1-2H3,(H,13,14);4-5,7H,3,9H2,1-2H3;1-2H3;1-3H3/t13-;;;;;7-;;/m1....1../s1. The number of amides is 5. The zero-order valence-corrected chi connectivity index (χ0v) is 76.8. The van der Waals surface area contributed by atoms with Crippen molar-refractivity contribution in [3.05, 3.63) is 255 Å². The van der Waals surface area contributed by atoms with E-state index in [0.717, 1.165) is 55.1 Å². The number of carbonyl (C=O) groups excluding carboxylic acids is 5. The Morgan fingerprint density at radius 1 is 0.413 bits per heavy atom. The van der Waals surface area contributed by atoms with Crippen LogP contribution in [0.15, 0.2) is 98.3 Å². The maximum absolute atomic E-state index is 14.9. The Hall–Kier alpha value is -11.9. The first-order valence-corrected chi connectivity index (χ1v) is 41.3. The first-order chi connectivity index (χ1) is 58.4. The summed E-state index contributed by atoms with van der Waals surface area (Å²) in [7, 11) is 2.22. The van der Waals surface area contributed by atoms with Crippen LogP contribution in [0.5, 0.6) is 11.5 Å². The largest absolute Gasteiger partial charge is 0.492 e. The molecule has 0 aliphatic carbocycles. The van der Waals surface area contributed by atoms with E-state index in [9.17, 15) is 70.3 Å². The van der Waals surface area contributed by atoms with Gasteiger partial charge in [-0.3, -0.25) is 52.7 Å². The van der Waals surface area contributed by atoms with Gasteiger partial charge >= 0.3 is 21.4 Å². The summed E-state index contributed by atoms with van der Waals surface area (Å²) in [4.78, 5) is 128. The molecule has 1 fully saturated rings. The molecule has 0 bridgehead atoms. The van der Waals surface area contributed by atoms with Gasteiger partial charge in [0.05, 0.1) is 105 Å². The molecule has 38 heteroatoms. The normalized spacial score (nSPS) is 16.1. The number of methoxy groups -OCH3 is 2. The lowest BCUT2D eigenvalue weighted by Crippen LogP contribution is -2.44. The first kappa shape index (κ1) is 97.9. The average molecular weight is 1850 g/mol. The third-order valence-electron chi connectivity index (χ3n) is 22.0. The minimum Gasteiger partial charge on any atom is -0.492 e. The Labute approximate surface area is 739 Å². The third kappa shape index (κ3) is 19.6. The number of fused-ring (bicyclic) bond motifs is 5. The molecule has 16 N–H and O–H groups in total. The highest BCUT2D eigenvalue weighted by molar-refractivity contribution is 14.1. The molecular weight excluding hydrogens is 1750 g/mol. The molecule has 0 unspecified atom stereocenters. The number of ether oxygens (including phenoxy) is 2. The van der Waals surface area contributed by atoms with Crippen LogP contribution in [-0.2, 0) is 41.4 Å². The van der Waals surface area contributed by atoms with Crippen LogP contribution >= 0.6 is 22.6 Å². The van der Waals surface area contributed by atoms with Gasteiger partial charge in [0.15, 0.2) is 11.5 Å². The molecule has 16 rings (SSSR count). The van der Waals surface area contributed by atoms with E-state index in [1.165, 1.54) is 38.5 Å². The van der Waals surface area contributed by atoms with E-state index in [1.54, 1.807) is 39.8 Å². The molecule has 2 atom stereocenters. The van der Waals surface area contributed by atoms with Crippen molar-refractivity contribution >= 4 is 119 Å². The molecule has 0 spiro atoms. The van der Waals surface area contributed by atoms with Crippen molar-refractivity contribution in [1.82, 2.24) is 26.6 Å². The number of nitrogens with one attached hydrogen (secondary N) is 8. The number of halogens is 5. The summed E-state index contributed by atoms with van der Waals surface area (Å²) >= 11 is 2.26. The van der Waals surface area contributed by atoms with Gasteiger partial charge in [-0.05, 0) is 273 Å². The van der Waals surface area contributed by atoms with Gasteiger partial charge in [0, 0.05) is 20.4 Å². The summed E-state index contributed by atoms with van der Waals surface area (Å²) < 4.78 is 92.6. The summed E-state index contributed by atoms with van der Waals surface area (Å²) in [6, 6.07) is 16.1. The lowest BCUT2D eigenvalue weighted by molar-refractivity contribution is 0.0931. The summed E-state index contributed by atoms with van der Waals surface area (Å²) in [5, 5.41) is 22.4. The zero-order chi connectivity index (χ0) is 94.5. The van der Waals surface area contributed by atoms with Gasteiger partial charge in [-0.1, -0.05) is 19.9 Å². The Morgan fingerprint density at radius 3 is 1.21 bits per heavy atom. The lowest BCUT2D eigenvalue weighted by Gasteiger charge is -2.25. The molecule has 30 nitrogen and oxygen atoms in total. The molecule has 0 radical (unpaired) electrons. The molecule has 668 valence electrons. The van der Waals surface area contributed by atoms with E-state index in [1.807, 2.05) is 149 Å². The Balaban J connectivity index is 0.000000169. The fourth-order valence-electron chi connectivity index (χ4n) is 16.0. The second-order valence-corrected chi connectivity index (χ2v) is 34.9. The predicted molar refractivity (Wildman–Crippen MR) is 487 cm³/mol. The SMILES string of the molecule is CB1OB(C)OB(C)O1.CC1(C)NC(=O)c2c1ccc(F)c2N.CC[C@@H](N)c1ccc(C)o1.CC[C@@H](Nc1c(Nc2c(F)cc(C)c3c2C(=O)NC3(C)C)c(=O)c1=O)c1ccc(C)o1.COc1c(C)c(=O)c1=O.COc1c(Nc2c(F)cc(C)c3c2C(=O)NC3(C)C)c(=O)c1=O.Cc1cc(F)c(N)c2c1C(C)(C)NC2=O.Cc1cc(I)c2c(c1N)C(=O)NC2(C)C. The Bertz CT molecular complexity index is 6120. The van der Waals surface area contributed by atoms with E-state index < -0.39 is 89.8 Å². The van der Waals surface area contributed by atoms with Crippen LogP contribution in [0.1, 0.15) is 238 Å². The van der Waals surface area contributed by atoms with Gasteiger partial charge in [-0.2, -0.15) is 0 Å². The van der Waals surface area contributed by atoms with E-state index >= 15 is 0 Å². The van der Waals surface area contributed by atoms with Gasteiger partial charge in [0.1, 0.15) is 63.4 Å². The van der Waals surface area contributed by atoms with Crippen LogP contribution < -0.4 is 108 Å². The third-order valence-corrected chi connectivity index (χ3v) is 22.8. The molecule has 6 aliphatic heterocycles. The second-order valence-electron chi connectivity index (χ2n) is 33.7. The maximum Gasteiger partial charge on any atom is 0.426 e. The number of furan rings is 2. The number of hydrogen-bond acceptors (Lipinski definition) is 25. The molecule has 8 aromatic carbocycles. The Morgan fingerprint density at radius 2 is 0.786 bits per heavy atom. The van der Waals surface area contributed by atoms with Crippen molar-refractivity contribution in [2.24, 2.45) is 5.73 Å². The van der Waals surface area contributed by atoms with E-state index in [4.69, 9.17) is 50.2 Å². The Kier molecular flexibility index (Phi) is 29.0. The van der Waals surface area contributed by atoms with Crippen LogP contribution in [0, 0.1) is 75.3 Å². The van der Waals surface area contributed by atoms with Crippen LogP contribution in [0.25, 0.3) is 0 Å². The molecule has 10 aromatic rings. The van der Waals surface area contributed by atoms with Gasteiger partial charge in [-0.15, -0.1) is 0 Å².